The van der Waals surface area contributed by atoms with E-state index >= 15 is 0 Å². The summed E-state index contributed by atoms with van der Waals surface area (Å²) in [6, 6.07) is 1.25. The molecule has 0 aromatic carbocycles. The van der Waals surface area contributed by atoms with Gasteiger partial charge in [0, 0.05) is 12.6 Å². The lowest BCUT2D eigenvalue weighted by atomic mass is 9.66. The molecule has 104 valence electrons. The van der Waals surface area contributed by atoms with Crippen LogP contribution in [0.5, 0.6) is 0 Å². The van der Waals surface area contributed by atoms with Gasteiger partial charge in [0.05, 0.1) is 5.56 Å². The minimum absolute atomic E-state index is 0.00272. The van der Waals surface area contributed by atoms with Gasteiger partial charge < -0.3 is 14.8 Å². The molecule has 1 fully saturated rings. The number of carboxylic acid groups (broad SMARTS) is 1. The van der Waals surface area contributed by atoms with Gasteiger partial charge in [-0.1, -0.05) is 19.8 Å². The topological polar surface area (TPSA) is 79.5 Å². The second-order valence-corrected chi connectivity index (χ2v) is 5.29. The lowest BCUT2D eigenvalue weighted by Gasteiger charge is -2.42. The Hall–Kier alpha value is -1.78. The van der Waals surface area contributed by atoms with Crippen molar-refractivity contribution >= 4 is 11.9 Å². The molecule has 1 aromatic rings. The highest BCUT2D eigenvalue weighted by molar-refractivity contribution is 5.95. The van der Waals surface area contributed by atoms with Crippen LogP contribution in [0.4, 0.5) is 0 Å². The van der Waals surface area contributed by atoms with Crippen LogP contribution in [0.25, 0.3) is 0 Å². The Bertz CT molecular complexity index is 474. The van der Waals surface area contributed by atoms with Crippen LogP contribution in [-0.2, 0) is 0 Å². The number of carboxylic acids is 1. The number of hydrogen-bond donors (Lipinski definition) is 2. The summed E-state index contributed by atoms with van der Waals surface area (Å²) in [5, 5.41) is 11.6. The first kappa shape index (κ1) is 13.6. The van der Waals surface area contributed by atoms with E-state index in [1.54, 1.807) is 0 Å². The summed E-state index contributed by atoms with van der Waals surface area (Å²) >= 11 is 0. The second kappa shape index (κ2) is 5.47. The zero-order valence-electron chi connectivity index (χ0n) is 11.1. The maximum Gasteiger partial charge on any atom is 0.338 e. The summed E-state index contributed by atoms with van der Waals surface area (Å²) in [6.45, 7) is 2.79. The highest BCUT2D eigenvalue weighted by atomic mass is 16.4. The molecule has 0 unspecified atom stereocenters. The van der Waals surface area contributed by atoms with Crippen LogP contribution in [0.15, 0.2) is 16.7 Å². The van der Waals surface area contributed by atoms with Gasteiger partial charge in [-0.05, 0) is 24.7 Å². The predicted octanol–water partition coefficient (Wildman–Crippen LogP) is 2.68. The molecule has 2 N–H and O–H groups in total. The van der Waals surface area contributed by atoms with Gasteiger partial charge in [0.1, 0.15) is 6.26 Å². The summed E-state index contributed by atoms with van der Waals surface area (Å²) in [4.78, 5) is 22.6. The molecule has 0 bridgehead atoms. The van der Waals surface area contributed by atoms with Crippen molar-refractivity contribution < 1.29 is 19.1 Å². The van der Waals surface area contributed by atoms with Crippen LogP contribution in [-0.4, -0.2) is 23.5 Å². The molecular weight excluding hydrogens is 246 g/mol. The normalized spacial score (nSPS) is 16.7. The third-order valence-corrected chi connectivity index (χ3v) is 3.89. The van der Waals surface area contributed by atoms with Crippen molar-refractivity contribution in [1.29, 1.82) is 0 Å². The fourth-order valence-electron chi connectivity index (χ4n) is 2.64. The molecule has 0 spiro atoms. The molecule has 1 amide bonds. The Kier molecular flexibility index (Phi) is 3.93. The molecule has 5 nitrogen and oxygen atoms in total. The van der Waals surface area contributed by atoms with Crippen molar-refractivity contribution in [2.45, 2.75) is 39.0 Å². The van der Waals surface area contributed by atoms with Gasteiger partial charge in [0.25, 0.3) is 5.91 Å². The van der Waals surface area contributed by atoms with Crippen molar-refractivity contribution in [3.63, 3.8) is 0 Å². The number of aromatic carboxylic acids is 1. The third kappa shape index (κ3) is 2.97. The number of carbonyl (C=O) groups excluding carboxylic acids is 1. The average molecular weight is 265 g/mol. The van der Waals surface area contributed by atoms with E-state index in [2.05, 4.69) is 12.2 Å². The molecule has 1 aromatic heterocycles. The lowest BCUT2D eigenvalue weighted by molar-refractivity contribution is 0.0695. The molecular formula is C14H19NO4. The first-order valence-corrected chi connectivity index (χ1v) is 6.66. The molecule has 1 aliphatic carbocycles. The highest BCUT2D eigenvalue weighted by Crippen LogP contribution is 2.44. The van der Waals surface area contributed by atoms with Crippen LogP contribution in [0, 0.1) is 5.41 Å². The van der Waals surface area contributed by atoms with Gasteiger partial charge in [-0.2, -0.15) is 0 Å². The van der Waals surface area contributed by atoms with Gasteiger partial charge in [0.2, 0.25) is 0 Å². The smallest absolute Gasteiger partial charge is 0.338 e. The van der Waals surface area contributed by atoms with Crippen LogP contribution in [0.3, 0.4) is 0 Å². The number of carbonyl (C=O) groups is 2. The summed E-state index contributed by atoms with van der Waals surface area (Å²) in [5.41, 5.74) is 0.240. The van der Waals surface area contributed by atoms with E-state index in [9.17, 15) is 9.59 Å². The van der Waals surface area contributed by atoms with E-state index in [1.807, 2.05) is 0 Å². The largest absolute Gasteiger partial charge is 0.478 e. The van der Waals surface area contributed by atoms with E-state index in [-0.39, 0.29) is 22.6 Å². The van der Waals surface area contributed by atoms with Gasteiger partial charge >= 0.3 is 5.97 Å². The first-order chi connectivity index (χ1) is 9.06. The van der Waals surface area contributed by atoms with Gasteiger partial charge in [-0.25, -0.2) is 4.79 Å². The molecule has 0 radical (unpaired) electrons. The number of furan rings is 1. The maximum atomic E-state index is 11.9. The number of nitrogens with one attached hydrogen (secondary N) is 1. The van der Waals surface area contributed by atoms with Gasteiger partial charge in [0.15, 0.2) is 5.76 Å². The predicted molar refractivity (Wildman–Crippen MR) is 69.2 cm³/mol. The van der Waals surface area contributed by atoms with Crippen LogP contribution < -0.4 is 5.32 Å². The fraction of sp³-hybridized carbons (Fsp3) is 0.571. The van der Waals surface area contributed by atoms with Gasteiger partial charge in [-0.3, -0.25) is 4.79 Å². The third-order valence-electron chi connectivity index (χ3n) is 3.89. The highest BCUT2D eigenvalue weighted by Gasteiger charge is 2.36. The molecule has 0 aliphatic heterocycles. The van der Waals surface area contributed by atoms with Crippen LogP contribution >= 0.6 is 0 Å². The minimum atomic E-state index is -1.09. The SMILES string of the molecule is CCCC1(CNC(=O)c2cc(C(=O)O)co2)CCC1. The minimum Gasteiger partial charge on any atom is -0.478 e. The molecule has 0 saturated heterocycles. The van der Waals surface area contributed by atoms with E-state index in [0.717, 1.165) is 31.9 Å². The van der Waals surface area contributed by atoms with Crippen molar-refractivity contribution in [2.75, 3.05) is 6.54 Å². The number of rotatable bonds is 6. The van der Waals surface area contributed by atoms with E-state index in [4.69, 9.17) is 9.52 Å². The first-order valence-electron chi connectivity index (χ1n) is 6.66. The second-order valence-electron chi connectivity index (χ2n) is 5.29. The molecule has 1 heterocycles. The molecule has 0 atom stereocenters. The molecule has 2 rings (SSSR count). The Labute approximate surface area is 112 Å². The summed E-state index contributed by atoms with van der Waals surface area (Å²) < 4.78 is 4.97. The van der Waals surface area contributed by atoms with Crippen LogP contribution in [0.1, 0.15) is 59.9 Å². The zero-order valence-corrected chi connectivity index (χ0v) is 11.1. The summed E-state index contributed by atoms with van der Waals surface area (Å²) in [5.74, 6) is -1.37. The standard InChI is InChI=1S/C14H19NO4/c1-2-4-14(5-3-6-14)9-15-12(16)11-7-10(8-19-11)13(17)18/h7-8H,2-6,9H2,1H3,(H,15,16)(H,17,18). The molecule has 1 aliphatic rings. The van der Waals surface area contributed by atoms with Crippen LogP contribution in [0.2, 0.25) is 0 Å². The van der Waals surface area contributed by atoms with E-state index < -0.39 is 5.97 Å². The number of hydrogen-bond acceptors (Lipinski definition) is 3. The Morgan fingerprint density at radius 1 is 1.47 bits per heavy atom. The molecule has 19 heavy (non-hydrogen) atoms. The van der Waals surface area contributed by atoms with Gasteiger partial charge in [-0.15, -0.1) is 0 Å². The lowest BCUT2D eigenvalue weighted by Crippen LogP contribution is -2.42. The average Bonchev–Trinajstić information content (AvgIpc) is 2.81. The number of amides is 1. The quantitative estimate of drug-likeness (QED) is 0.828. The Morgan fingerprint density at radius 2 is 2.21 bits per heavy atom. The Morgan fingerprint density at radius 3 is 2.68 bits per heavy atom. The summed E-state index contributed by atoms with van der Waals surface area (Å²) in [7, 11) is 0. The van der Waals surface area contributed by atoms with E-state index in [0.29, 0.717) is 6.54 Å². The van der Waals surface area contributed by atoms with Crippen molar-refractivity contribution in [3.05, 3.63) is 23.7 Å². The fourth-order valence-corrected chi connectivity index (χ4v) is 2.64. The maximum absolute atomic E-state index is 11.9. The summed E-state index contributed by atoms with van der Waals surface area (Å²) in [6.07, 6.45) is 6.84. The van der Waals surface area contributed by atoms with Crippen molar-refractivity contribution in [1.82, 2.24) is 5.32 Å². The van der Waals surface area contributed by atoms with E-state index in [1.165, 1.54) is 12.5 Å². The zero-order chi connectivity index (χ0) is 13.9. The van der Waals surface area contributed by atoms with Crippen molar-refractivity contribution in [2.24, 2.45) is 5.41 Å². The Balaban J connectivity index is 1.91. The molecule has 1 saturated carbocycles. The monoisotopic (exact) mass is 265 g/mol. The van der Waals surface area contributed by atoms with Crippen molar-refractivity contribution in [3.8, 4) is 0 Å². The molecule has 5 heteroatoms.